The molecule has 2 rings (SSSR count). The van der Waals surface area contributed by atoms with E-state index >= 15 is 0 Å². The zero-order valence-electron chi connectivity index (χ0n) is 18.4. The van der Waals surface area contributed by atoms with Gasteiger partial charge in [-0.05, 0) is 72.7 Å². The van der Waals surface area contributed by atoms with Gasteiger partial charge in [-0.25, -0.2) is 17.9 Å². The van der Waals surface area contributed by atoms with Gasteiger partial charge in [-0.3, -0.25) is 0 Å². The fourth-order valence-electron chi connectivity index (χ4n) is 3.10. The number of aliphatic hydroxyl groups is 1. The number of halogens is 2. The maximum Gasteiger partial charge on any atom is 0.333 e. The topological polar surface area (TPSA) is 95.5 Å². The van der Waals surface area contributed by atoms with E-state index in [0.29, 0.717) is 16.3 Å². The molecule has 2 amide bonds. The molecule has 2 aromatic rings. The highest BCUT2D eigenvalue weighted by Gasteiger charge is 2.25. The standard InChI is InChI=1S/C22H28Cl2N2O4S/c1-12(2)18-10-16(24)11-19(13(3)4)20(18)25-21(27)26-31(29,30)17-8-14(22(5,6)28)7-15(23)9-17/h7-13,28H,1-6H3,(H2,25,26,27). The summed E-state index contributed by atoms with van der Waals surface area (Å²) in [5.74, 6) is 0.0933. The lowest BCUT2D eigenvalue weighted by atomic mass is 9.92. The average molecular weight is 487 g/mol. The molecule has 6 nitrogen and oxygen atoms in total. The van der Waals surface area contributed by atoms with Crippen LogP contribution < -0.4 is 10.0 Å². The number of anilines is 1. The van der Waals surface area contributed by atoms with Crippen LogP contribution >= 0.6 is 23.2 Å². The molecule has 3 N–H and O–H groups in total. The Balaban J connectivity index is 2.40. The van der Waals surface area contributed by atoms with Crippen LogP contribution in [-0.2, 0) is 15.6 Å². The molecule has 0 fully saturated rings. The van der Waals surface area contributed by atoms with Gasteiger partial charge in [0.05, 0.1) is 10.5 Å². The molecule has 0 aromatic heterocycles. The minimum atomic E-state index is -4.24. The van der Waals surface area contributed by atoms with Crippen molar-refractivity contribution >= 4 is 44.9 Å². The van der Waals surface area contributed by atoms with E-state index in [1.807, 2.05) is 32.4 Å². The van der Waals surface area contributed by atoms with Crippen molar-refractivity contribution in [2.45, 2.75) is 63.9 Å². The van der Waals surface area contributed by atoms with Crippen molar-refractivity contribution in [3.63, 3.8) is 0 Å². The van der Waals surface area contributed by atoms with Crippen LogP contribution in [0.5, 0.6) is 0 Å². The number of nitrogens with one attached hydrogen (secondary N) is 2. The minimum absolute atomic E-state index is 0.0466. The summed E-state index contributed by atoms with van der Waals surface area (Å²) in [7, 11) is -4.24. The van der Waals surface area contributed by atoms with Gasteiger partial charge in [-0.1, -0.05) is 50.9 Å². The molecule has 0 saturated carbocycles. The van der Waals surface area contributed by atoms with E-state index in [9.17, 15) is 18.3 Å². The SMILES string of the molecule is CC(C)c1cc(Cl)cc(C(C)C)c1NC(=O)NS(=O)(=O)c1cc(Cl)cc(C(C)(C)O)c1. The summed E-state index contributed by atoms with van der Waals surface area (Å²) in [6.45, 7) is 10.9. The largest absolute Gasteiger partial charge is 0.386 e. The summed E-state index contributed by atoms with van der Waals surface area (Å²) in [5.41, 5.74) is 1.14. The maximum atomic E-state index is 12.8. The summed E-state index contributed by atoms with van der Waals surface area (Å²) in [6, 6.07) is 6.58. The number of carbonyl (C=O) groups is 1. The number of urea groups is 1. The average Bonchev–Trinajstić information content (AvgIpc) is 2.60. The monoisotopic (exact) mass is 486 g/mol. The normalized spacial score (nSPS) is 12.4. The second-order valence-corrected chi connectivity index (χ2v) is 11.1. The van der Waals surface area contributed by atoms with Gasteiger partial charge in [0.15, 0.2) is 0 Å². The van der Waals surface area contributed by atoms with Gasteiger partial charge >= 0.3 is 6.03 Å². The van der Waals surface area contributed by atoms with Crippen LogP contribution in [0, 0.1) is 0 Å². The number of hydrogen-bond donors (Lipinski definition) is 3. The highest BCUT2D eigenvalue weighted by molar-refractivity contribution is 7.90. The molecule has 0 heterocycles. The number of benzene rings is 2. The summed E-state index contributed by atoms with van der Waals surface area (Å²) >= 11 is 12.3. The molecule has 0 spiro atoms. The fraction of sp³-hybridized carbons (Fsp3) is 0.409. The van der Waals surface area contributed by atoms with Crippen molar-refractivity contribution < 1.29 is 18.3 Å². The van der Waals surface area contributed by atoms with Crippen LogP contribution in [0.4, 0.5) is 10.5 Å². The lowest BCUT2D eigenvalue weighted by molar-refractivity contribution is 0.0784. The second kappa shape index (κ2) is 9.36. The van der Waals surface area contributed by atoms with Crippen LogP contribution in [0.25, 0.3) is 0 Å². The van der Waals surface area contributed by atoms with Crippen molar-refractivity contribution in [2.75, 3.05) is 5.32 Å². The van der Waals surface area contributed by atoms with Crippen LogP contribution in [0.3, 0.4) is 0 Å². The van der Waals surface area contributed by atoms with Gasteiger partial charge in [0.1, 0.15) is 0 Å². The van der Waals surface area contributed by atoms with E-state index in [1.54, 1.807) is 12.1 Å². The van der Waals surface area contributed by atoms with E-state index < -0.39 is 21.7 Å². The minimum Gasteiger partial charge on any atom is -0.386 e. The predicted octanol–water partition coefficient (Wildman–Crippen LogP) is 5.98. The third-order valence-corrected chi connectivity index (χ3v) is 6.51. The summed E-state index contributed by atoms with van der Waals surface area (Å²) in [6.07, 6.45) is 0. The fourth-order valence-corrected chi connectivity index (χ4v) is 4.61. The number of carbonyl (C=O) groups excluding carboxylic acids is 1. The zero-order valence-corrected chi connectivity index (χ0v) is 20.7. The molecule has 2 aromatic carbocycles. The molecule has 0 atom stereocenters. The molecule has 0 aliphatic rings. The van der Waals surface area contributed by atoms with Crippen LogP contribution in [0.1, 0.15) is 70.1 Å². The summed E-state index contributed by atoms with van der Waals surface area (Å²) in [5, 5.41) is 13.6. The molecule has 0 bridgehead atoms. The number of amides is 2. The smallest absolute Gasteiger partial charge is 0.333 e. The molecule has 31 heavy (non-hydrogen) atoms. The zero-order chi connectivity index (χ0) is 23.7. The first-order valence-electron chi connectivity index (χ1n) is 9.82. The van der Waals surface area contributed by atoms with Crippen molar-refractivity contribution in [3.8, 4) is 0 Å². The molecule has 170 valence electrons. The number of rotatable bonds is 6. The van der Waals surface area contributed by atoms with E-state index in [4.69, 9.17) is 23.2 Å². The first-order valence-corrected chi connectivity index (χ1v) is 12.1. The highest BCUT2D eigenvalue weighted by atomic mass is 35.5. The van der Waals surface area contributed by atoms with Gasteiger partial charge in [-0.2, -0.15) is 0 Å². The van der Waals surface area contributed by atoms with Gasteiger partial charge in [0.25, 0.3) is 10.0 Å². The summed E-state index contributed by atoms with van der Waals surface area (Å²) < 4.78 is 27.7. The maximum absolute atomic E-state index is 12.8. The molecule has 0 saturated heterocycles. The van der Waals surface area contributed by atoms with Gasteiger partial charge < -0.3 is 10.4 Å². The third kappa shape index (κ3) is 6.35. The quantitative estimate of drug-likeness (QED) is 0.467. The lowest BCUT2D eigenvalue weighted by Crippen LogP contribution is -2.35. The van der Waals surface area contributed by atoms with Gasteiger partial charge in [0, 0.05) is 15.7 Å². The molecular formula is C22H28Cl2N2O4S. The Kier molecular flexibility index (Phi) is 7.69. The van der Waals surface area contributed by atoms with Crippen LogP contribution in [0.15, 0.2) is 35.2 Å². The van der Waals surface area contributed by atoms with E-state index in [1.165, 1.54) is 32.0 Å². The Morgan fingerprint density at radius 2 is 1.42 bits per heavy atom. The Bertz CT molecular complexity index is 1060. The van der Waals surface area contributed by atoms with E-state index in [-0.39, 0.29) is 21.8 Å². The Labute approximate surface area is 194 Å². The predicted molar refractivity (Wildman–Crippen MR) is 126 cm³/mol. The Morgan fingerprint density at radius 3 is 1.87 bits per heavy atom. The Hall–Kier alpha value is -1.80. The molecular weight excluding hydrogens is 459 g/mol. The first-order chi connectivity index (χ1) is 14.1. The molecule has 9 heteroatoms. The third-order valence-electron chi connectivity index (χ3n) is 4.76. The van der Waals surface area contributed by atoms with E-state index in [2.05, 4.69) is 5.32 Å². The molecule has 0 unspecified atom stereocenters. The van der Waals surface area contributed by atoms with Crippen molar-refractivity contribution in [2.24, 2.45) is 0 Å². The van der Waals surface area contributed by atoms with Crippen molar-refractivity contribution in [1.82, 2.24) is 4.72 Å². The molecule has 0 aliphatic heterocycles. The van der Waals surface area contributed by atoms with Crippen molar-refractivity contribution in [3.05, 3.63) is 57.1 Å². The number of hydrogen-bond acceptors (Lipinski definition) is 4. The lowest BCUT2D eigenvalue weighted by Gasteiger charge is -2.21. The van der Waals surface area contributed by atoms with Crippen molar-refractivity contribution in [1.29, 1.82) is 0 Å². The first kappa shape index (κ1) is 25.5. The number of sulfonamides is 1. The van der Waals surface area contributed by atoms with Crippen LogP contribution in [-0.4, -0.2) is 19.6 Å². The van der Waals surface area contributed by atoms with Crippen LogP contribution in [0.2, 0.25) is 10.0 Å². The Morgan fingerprint density at radius 1 is 0.935 bits per heavy atom. The van der Waals surface area contributed by atoms with E-state index in [0.717, 1.165) is 11.1 Å². The van der Waals surface area contributed by atoms with Gasteiger partial charge in [-0.15, -0.1) is 0 Å². The van der Waals surface area contributed by atoms with Gasteiger partial charge in [0.2, 0.25) is 0 Å². The molecule has 0 aliphatic carbocycles. The second-order valence-electron chi connectivity index (χ2n) is 8.56. The summed E-state index contributed by atoms with van der Waals surface area (Å²) in [4.78, 5) is 12.5. The molecule has 0 radical (unpaired) electrons. The highest BCUT2D eigenvalue weighted by Crippen LogP contribution is 2.35.